The standard InChI is InChI=1S/C16H25N3/c17-13-4-3-6-14-12(13)7-11-19(14)16-8-10-18-9-2-1-5-15(16)18/h7,11,13,15-16H,1-6,8-10,17H2. The van der Waals surface area contributed by atoms with Gasteiger partial charge < -0.3 is 10.3 Å². The van der Waals surface area contributed by atoms with Crippen molar-refractivity contribution in [1.82, 2.24) is 9.47 Å². The van der Waals surface area contributed by atoms with Crippen LogP contribution in [0.5, 0.6) is 0 Å². The van der Waals surface area contributed by atoms with Gasteiger partial charge in [-0.3, -0.25) is 4.90 Å². The Labute approximate surface area is 115 Å². The topological polar surface area (TPSA) is 34.2 Å². The van der Waals surface area contributed by atoms with E-state index in [1.165, 1.54) is 57.2 Å². The van der Waals surface area contributed by atoms with Crippen molar-refractivity contribution in [2.75, 3.05) is 13.1 Å². The Morgan fingerprint density at radius 1 is 1.00 bits per heavy atom. The second kappa shape index (κ2) is 4.64. The summed E-state index contributed by atoms with van der Waals surface area (Å²) in [4.78, 5) is 2.73. The van der Waals surface area contributed by atoms with Crippen LogP contribution in [0.3, 0.4) is 0 Å². The van der Waals surface area contributed by atoms with Crippen molar-refractivity contribution in [3.63, 3.8) is 0 Å². The molecule has 2 aliphatic heterocycles. The Morgan fingerprint density at radius 3 is 2.89 bits per heavy atom. The molecule has 1 aromatic heterocycles. The van der Waals surface area contributed by atoms with Gasteiger partial charge in [-0.05, 0) is 56.7 Å². The molecule has 4 rings (SSSR count). The summed E-state index contributed by atoms with van der Waals surface area (Å²) in [6.45, 7) is 2.62. The fourth-order valence-corrected chi connectivity index (χ4v) is 4.61. The molecule has 2 N–H and O–H groups in total. The number of nitrogens with zero attached hydrogens (tertiary/aromatic N) is 2. The van der Waals surface area contributed by atoms with Crippen LogP contribution in [0.2, 0.25) is 0 Å². The van der Waals surface area contributed by atoms with Crippen molar-refractivity contribution >= 4 is 0 Å². The Bertz CT molecular complexity index is 465. The SMILES string of the molecule is NC1CCCc2c1ccn2C1CCN2CCCCC12. The molecule has 0 saturated carbocycles. The normalized spacial score (nSPS) is 35.1. The van der Waals surface area contributed by atoms with Crippen LogP contribution in [-0.2, 0) is 6.42 Å². The third-order valence-corrected chi connectivity index (χ3v) is 5.57. The number of piperidine rings is 1. The number of hydrogen-bond acceptors (Lipinski definition) is 2. The van der Waals surface area contributed by atoms with Crippen molar-refractivity contribution < 1.29 is 0 Å². The molecule has 3 unspecified atom stereocenters. The van der Waals surface area contributed by atoms with Crippen LogP contribution in [0.4, 0.5) is 0 Å². The number of fused-ring (bicyclic) bond motifs is 2. The fourth-order valence-electron chi connectivity index (χ4n) is 4.61. The third-order valence-electron chi connectivity index (χ3n) is 5.57. The maximum absolute atomic E-state index is 6.27. The molecule has 0 aromatic carbocycles. The molecule has 3 aliphatic rings. The first kappa shape index (κ1) is 12.0. The highest BCUT2D eigenvalue weighted by molar-refractivity contribution is 5.29. The molecule has 3 heteroatoms. The largest absolute Gasteiger partial charge is 0.346 e. The summed E-state index contributed by atoms with van der Waals surface area (Å²) >= 11 is 0. The number of hydrogen-bond donors (Lipinski definition) is 1. The van der Waals surface area contributed by atoms with Crippen molar-refractivity contribution in [2.24, 2.45) is 5.73 Å². The lowest BCUT2D eigenvalue weighted by molar-refractivity contribution is 0.172. The molecular weight excluding hydrogens is 234 g/mol. The van der Waals surface area contributed by atoms with Crippen LogP contribution >= 0.6 is 0 Å². The second-order valence-electron chi connectivity index (χ2n) is 6.58. The van der Waals surface area contributed by atoms with E-state index in [0.717, 1.165) is 12.5 Å². The van der Waals surface area contributed by atoms with Gasteiger partial charge in [0.05, 0.1) is 6.04 Å². The van der Waals surface area contributed by atoms with E-state index in [-0.39, 0.29) is 6.04 Å². The zero-order valence-electron chi connectivity index (χ0n) is 11.7. The number of nitrogens with two attached hydrogens (primary N) is 1. The van der Waals surface area contributed by atoms with Gasteiger partial charge in [0.15, 0.2) is 0 Å². The molecular formula is C16H25N3. The van der Waals surface area contributed by atoms with Crippen LogP contribution in [0.25, 0.3) is 0 Å². The van der Waals surface area contributed by atoms with Crippen LogP contribution < -0.4 is 5.73 Å². The summed E-state index contributed by atoms with van der Waals surface area (Å²) in [5.74, 6) is 0. The van der Waals surface area contributed by atoms with Gasteiger partial charge in [-0.2, -0.15) is 0 Å². The molecule has 1 aliphatic carbocycles. The van der Waals surface area contributed by atoms with Crippen molar-refractivity contribution in [3.05, 3.63) is 23.5 Å². The van der Waals surface area contributed by atoms with E-state index < -0.39 is 0 Å². The quantitative estimate of drug-likeness (QED) is 0.841. The molecule has 104 valence electrons. The minimum Gasteiger partial charge on any atom is -0.346 e. The average Bonchev–Trinajstić information content (AvgIpc) is 3.02. The summed E-state index contributed by atoms with van der Waals surface area (Å²) in [6, 6.07) is 4.09. The maximum atomic E-state index is 6.27. The summed E-state index contributed by atoms with van der Waals surface area (Å²) in [6.07, 6.45) is 11.5. The fraction of sp³-hybridized carbons (Fsp3) is 0.750. The van der Waals surface area contributed by atoms with Gasteiger partial charge in [0.1, 0.15) is 0 Å². The van der Waals surface area contributed by atoms with Crippen LogP contribution in [-0.4, -0.2) is 28.6 Å². The Kier molecular flexibility index (Phi) is 2.92. The zero-order chi connectivity index (χ0) is 12.8. The smallest absolute Gasteiger partial charge is 0.0501 e. The van der Waals surface area contributed by atoms with Crippen LogP contribution in [0.1, 0.15) is 61.9 Å². The number of aromatic nitrogens is 1. The summed E-state index contributed by atoms with van der Waals surface area (Å²) in [7, 11) is 0. The molecule has 3 heterocycles. The lowest BCUT2D eigenvalue weighted by atomic mass is 9.92. The zero-order valence-corrected chi connectivity index (χ0v) is 11.7. The van der Waals surface area contributed by atoms with Gasteiger partial charge >= 0.3 is 0 Å². The minimum atomic E-state index is 0.286. The van der Waals surface area contributed by atoms with Crippen molar-refractivity contribution in [3.8, 4) is 0 Å². The highest BCUT2D eigenvalue weighted by Crippen LogP contribution is 2.39. The Balaban J connectivity index is 1.66. The Morgan fingerprint density at radius 2 is 1.95 bits per heavy atom. The molecule has 3 atom stereocenters. The van der Waals surface area contributed by atoms with Gasteiger partial charge in [-0.1, -0.05) is 6.42 Å². The maximum Gasteiger partial charge on any atom is 0.0501 e. The third kappa shape index (κ3) is 1.86. The summed E-state index contributed by atoms with van der Waals surface area (Å²) in [5.41, 5.74) is 9.25. The Hall–Kier alpha value is -0.800. The van der Waals surface area contributed by atoms with Crippen molar-refractivity contribution in [1.29, 1.82) is 0 Å². The van der Waals surface area contributed by atoms with Gasteiger partial charge in [0.2, 0.25) is 0 Å². The van der Waals surface area contributed by atoms with E-state index in [9.17, 15) is 0 Å². The minimum absolute atomic E-state index is 0.286. The van der Waals surface area contributed by atoms with Gasteiger partial charge in [0.25, 0.3) is 0 Å². The average molecular weight is 259 g/mol. The van der Waals surface area contributed by atoms with E-state index in [1.807, 2.05) is 0 Å². The molecule has 0 radical (unpaired) electrons. The molecule has 2 fully saturated rings. The van der Waals surface area contributed by atoms with E-state index in [0.29, 0.717) is 6.04 Å². The number of rotatable bonds is 1. The van der Waals surface area contributed by atoms with Gasteiger partial charge in [-0.15, -0.1) is 0 Å². The molecule has 0 spiro atoms. The predicted molar refractivity (Wildman–Crippen MR) is 77.2 cm³/mol. The highest BCUT2D eigenvalue weighted by atomic mass is 15.2. The molecule has 0 amide bonds. The molecule has 2 saturated heterocycles. The monoisotopic (exact) mass is 259 g/mol. The van der Waals surface area contributed by atoms with E-state index in [2.05, 4.69) is 21.7 Å². The predicted octanol–water partition coefficient (Wildman–Crippen LogP) is 2.62. The first-order chi connectivity index (χ1) is 9.34. The summed E-state index contributed by atoms with van der Waals surface area (Å²) < 4.78 is 2.60. The first-order valence-corrected chi connectivity index (χ1v) is 8.04. The summed E-state index contributed by atoms with van der Waals surface area (Å²) in [5, 5.41) is 0. The van der Waals surface area contributed by atoms with Gasteiger partial charge in [-0.25, -0.2) is 0 Å². The van der Waals surface area contributed by atoms with Crippen LogP contribution in [0.15, 0.2) is 12.3 Å². The molecule has 3 nitrogen and oxygen atoms in total. The second-order valence-corrected chi connectivity index (χ2v) is 6.58. The van der Waals surface area contributed by atoms with Gasteiger partial charge in [0, 0.05) is 30.5 Å². The van der Waals surface area contributed by atoms with Crippen LogP contribution in [0, 0.1) is 0 Å². The molecule has 1 aromatic rings. The highest BCUT2D eigenvalue weighted by Gasteiger charge is 2.37. The van der Waals surface area contributed by atoms with E-state index in [4.69, 9.17) is 5.73 Å². The molecule has 19 heavy (non-hydrogen) atoms. The lowest BCUT2D eigenvalue weighted by Crippen LogP contribution is -2.38. The van der Waals surface area contributed by atoms with E-state index in [1.54, 1.807) is 5.69 Å². The van der Waals surface area contributed by atoms with E-state index >= 15 is 0 Å². The van der Waals surface area contributed by atoms with Crippen molar-refractivity contribution in [2.45, 2.75) is 63.1 Å². The first-order valence-electron chi connectivity index (χ1n) is 8.04. The lowest BCUT2D eigenvalue weighted by Gasteiger charge is -2.34. The molecule has 0 bridgehead atoms.